The normalized spacial score (nSPS) is 31.2. The van der Waals surface area contributed by atoms with Crippen LogP contribution in [0.15, 0.2) is 0 Å². The molecule has 2 unspecified atom stereocenters. The number of amides is 1. The molecule has 17 heavy (non-hydrogen) atoms. The van der Waals surface area contributed by atoms with E-state index in [2.05, 4.69) is 0 Å². The Hall–Kier alpha value is -0.780. The van der Waals surface area contributed by atoms with Gasteiger partial charge < -0.3 is 10.0 Å². The highest BCUT2D eigenvalue weighted by Gasteiger charge is 2.57. The summed E-state index contributed by atoms with van der Waals surface area (Å²) in [6.07, 6.45) is -1.40. The van der Waals surface area contributed by atoms with E-state index in [4.69, 9.17) is 5.11 Å². The number of aliphatic hydroxyl groups is 1. The van der Waals surface area contributed by atoms with E-state index in [0.29, 0.717) is 11.8 Å². The summed E-state index contributed by atoms with van der Waals surface area (Å²) in [4.78, 5) is 12.7. The van der Waals surface area contributed by atoms with Crippen LogP contribution >= 0.6 is 0 Å². The van der Waals surface area contributed by atoms with Gasteiger partial charge in [-0.25, -0.2) is 0 Å². The van der Waals surface area contributed by atoms with Crippen molar-refractivity contribution in [3.05, 3.63) is 0 Å². The fourth-order valence-electron chi connectivity index (χ4n) is 3.00. The van der Waals surface area contributed by atoms with Gasteiger partial charge in [0.15, 0.2) is 0 Å². The van der Waals surface area contributed by atoms with Crippen molar-refractivity contribution >= 4 is 5.91 Å². The Labute approximate surface area is 97.6 Å². The SMILES string of the molecule is O=C(C1C2CCCC21)N(CCO)CC(F)(F)F. The highest BCUT2D eigenvalue weighted by atomic mass is 19.4. The predicted molar refractivity (Wildman–Crippen MR) is 54.0 cm³/mol. The number of alkyl halides is 3. The van der Waals surface area contributed by atoms with Crippen molar-refractivity contribution in [1.82, 2.24) is 4.90 Å². The lowest BCUT2D eigenvalue weighted by Gasteiger charge is -2.23. The standard InChI is InChI=1S/C11H16F3NO2/c12-11(13,14)6-15(4-5-16)10(17)9-7-2-1-3-8(7)9/h7-9,16H,1-6H2. The van der Waals surface area contributed by atoms with Gasteiger partial charge in [0.25, 0.3) is 0 Å². The van der Waals surface area contributed by atoms with Gasteiger partial charge >= 0.3 is 6.18 Å². The van der Waals surface area contributed by atoms with Gasteiger partial charge in [-0.2, -0.15) is 13.2 Å². The van der Waals surface area contributed by atoms with Crippen LogP contribution in [0.5, 0.6) is 0 Å². The molecule has 1 N–H and O–H groups in total. The molecule has 1 amide bonds. The number of hydrogen-bond acceptors (Lipinski definition) is 2. The molecule has 0 bridgehead atoms. The van der Waals surface area contributed by atoms with E-state index in [-0.39, 0.29) is 12.5 Å². The van der Waals surface area contributed by atoms with E-state index < -0.39 is 25.2 Å². The van der Waals surface area contributed by atoms with Crippen LogP contribution in [0, 0.1) is 17.8 Å². The van der Waals surface area contributed by atoms with E-state index in [1.165, 1.54) is 0 Å². The van der Waals surface area contributed by atoms with Crippen molar-refractivity contribution in [2.45, 2.75) is 25.4 Å². The van der Waals surface area contributed by atoms with E-state index >= 15 is 0 Å². The Morgan fingerprint density at radius 1 is 1.29 bits per heavy atom. The number of rotatable bonds is 4. The third kappa shape index (κ3) is 2.73. The first-order valence-electron chi connectivity index (χ1n) is 5.90. The third-order valence-electron chi connectivity index (χ3n) is 3.74. The van der Waals surface area contributed by atoms with E-state index in [1.807, 2.05) is 0 Å². The highest BCUT2D eigenvalue weighted by Crippen LogP contribution is 2.58. The van der Waals surface area contributed by atoms with Crippen LogP contribution in [0.25, 0.3) is 0 Å². The molecule has 98 valence electrons. The molecule has 0 aromatic rings. The summed E-state index contributed by atoms with van der Waals surface area (Å²) in [5.41, 5.74) is 0. The minimum absolute atomic E-state index is 0.211. The molecule has 2 saturated carbocycles. The Bertz CT molecular complexity index is 296. The van der Waals surface area contributed by atoms with Crippen molar-refractivity contribution in [3.8, 4) is 0 Å². The van der Waals surface area contributed by atoms with Gasteiger partial charge in [0, 0.05) is 12.5 Å². The van der Waals surface area contributed by atoms with Gasteiger partial charge in [-0.05, 0) is 24.7 Å². The average Bonchev–Trinajstić information content (AvgIpc) is 2.68. The van der Waals surface area contributed by atoms with E-state index in [0.717, 1.165) is 24.2 Å². The summed E-state index contributed by atoms with van der Waals surface area (Å²) in [7, 11) is 0. The minimum Gasteiger partial charge on any atom is -0.395 e. The molecule has 0 aromatic heterocycles. The van der Waals surface area contributed by atoms with Crippen LogP contribution < -0.4 is 0 Å². The van der Waals surface area contributed by atoms with E-state index in [1.54, 1.807) is 0 Å². The second-order valence-electron chi connectivity index (χ2n) is 4.88. The summed E-state index contributed by atoms with van der Waals surface area (Å²) in [6, 6.07) is 0. The quantitative estimate of drug-likeness (QED) is 0.820. The lowest BCUT2D eigenvalue weighted by Crippen LogP contribution is -2.42. The number of nitrogens with zero attached hydrogens (tertiary/aromatic N) is 1. The maximum absolute atomic E-state index is 12.3. The smallest absolute Gasteiger partial charge is 0.395 e. The van der Waals surface area contributed by atoms with Gasteiger partial charge in [0.1, 0.15) is 6.54 Å². The number of aliphatic hydroxyl groups excluding tert-OH is 1. The highest BCUT2D eigenvalue weighted by molar-refractivity contribution is 5.82. The predicted octanol–water partition coefficient (Wildman–Crippen LogP) is 1.42. The fourth-order valence-corrected chi connectivity index (χ4v) is 3.00. The topological polar surface area (TPSA) is 40.5 Å². The maximum Gasteiger partial charge on any atom is 0.406 e. The summed E-state index contributed by atoms with van der Waals surface area (Å²) in [5.74, 6) is -0.0300. The maximum atomic E-state index is 12.3. The molecule has 0 spiro atoms. The van der Waals surface area contributed by atoms with Crippen LogP contribution in [-0.4, -0.2) is 41.8 Å². The Kier molecular flexibility index (Phi) is 3.34. The van der Waals surface area contributed by atoms with E-state index in [9.17, 15) is 18.0 Å². The lowest BCUT2D eigenvalue weighted by molar-refractivity contribution is -0.163. The molecular formula is C11H16F3NO2. The van der Waals surface area contributed by atoms with Gasteiger partial charge in [-0.1, -0.05) is 6.42 Å². The second-order valence-corrected chi connectivity index (χ2v) is 4.88. The molecule has 3 nitrogen and oxygen atoms in total. The van der Waals surface area contributed by atoms with Crippen molar-refractivity contribution in [2.75, 3.05) is 19.7 Å². The second kappa shape index (κ2) is 4.48. The molecule has 2 aliphatic carbocycles. The average molecular weight is 251 g/mol. The van der Waals surface area contributed by atoms with Gasteiger partial charge in [-0.3, -0.25) is 4.79 Å². The minimum atomic E-state index is -4.39. The first kappa shape index (κ1) is 12.7. The summed E-state index contributed by atoms with van der Waals surface area (Å²) in [6.45, 7) is -1.90. The van der Waals surface area contributed by atoms with Gasteiger partial charge in [-0.15, -0.1) is 0 Å². The molecule has 0 aliphatic heterocycles. The van der Waals surface area contributed by atoms with Crippen LogP contribution in [0.3, 0.4) is 0 Å². The number of fused-ring (bicyclic) bond motifs is 1. The zero-order valence-corrected chi connectivity index (χ0v) is 9.41. The molecule has 2 aliphatic rings. The van der Waals surface area contributed by atoms with Crippen molar-refractivity contribution in [1.29, 1.82) is 0 Å². The van der Waals surface area contributed by atoms with Gasteiger partial charge in [0.2, 0.25) is 5.91 Å². The number of carbonyl (C=O) groups excluding carboxylic acids is 1. The zero-order chi connectivity index (χ0) is 12.6. The first-order chi connectivity index (χ1) is 7.94. The number of hydrogen-bond donors (Lipinski definition) is 1. The van der Waals surface area contributed by atoms with Crippen LogP contribution in [0.4, 0.5) is 13.2 Å². The van der Waals surface area contributed by atoms with Crippen molar-refractivity contribution < 1.29 is 23.1 Å². The third-order valence-corrected chi connectivity index (χ3v) is 3.74. The lowest BCUT2D eigenvalue weighted by atomic mass is 10.1. The molecule has 0 saturated heterocycles. The van der Waals surface area contributed by atoms with Crippen LogP contribution in [0.2, 0.25) is 0 Å². The van der Waals surface area contributed by atoms with Crippen LogP contribution in [-0.2, 0) is 4.79 Å². The zero-order valence-electron chi connectivity index (χ0n) is 9.41. The largest absolute Gasteiger partial charge is 0.406 e. The molecule has 6 heteroatoms. The molecule has 0 heterocycles. The number of halogens is 3. The fraction of sp³-hybridized carbons (Fsp3) is 0.909. The first-order valence-corrected chi connectivity index (χ1v) is 5.90. The molecule has 0 radical (unpaired) electrons. The Morgan fingerprint density at radius 2 is 1.88 bits per heavy atom. The summed E-state index contributed by atoms with van der Waals surface area (Å²) in [5, 5.41) is 8.73. The van der Waals surface area contributed by atoms with Gasteiger partial charge in [0.05, 0.1) is 6.61 Å². The Morgan fingerprint density at radius 3 is 2.35 bits per heavy atom. The monoisotopic (exact) mass is 251 g/mol. The van der Waals surface area contributed by atoms with Crippen molar-refractivity contribution in [3.63, 3.8) is 0 Å². The molecular weight excluding hydrogens is 235 g/mol. The van der Waals surface area contributed by atoms with Crippen LogP contribution in [0.1, 0.15) is 19.3 Å². The number of carbonyl (C=O) groups is 1. The molecule has 2 atom stereocenters. The Balaban J connectivity index is 1.94. The summed E-state index contributed by atoms with van der Waals surface area (Å²) >= 11 is 0. The van der Waals surface area contributed by atoms with Crippen molar-refractivity contribution in [2.24, 2.45) is 17.8 Å². The summed E-state index contributed by atoms with van der Waals surface area (Å²) < 4.78 is 36.9. The molecule has 2 rings (SSSR count). The molecule has 0 aromatic carbocycles. The molecule has 2 fully saturated rings.